The van der Waals surface area contributed by atoms with Crippen LogP contribution in [-0.2, 0) is 18.4 Å². The van der Waals surface area contributed by atoms with Crippen molar-refractivity contribution < 1.29 is 4.79 Å². The zero-order valence-corrected chi connectivity index (χ0v) is 13.2. The predicted octanol–water partition coefficient (Wildman–Crippen LogP) is 3.42. The first-order valence-electron chi connectivity index (χ1n) is 6.88. The summed E-state index contributed by atoms with van der Waals surface area (Å²) < 4.78 is 2.06. The lowest BCUT2D eigenvalue weighted by Crippen LogP contribution is -2.42. The van der Waals surface area contributed by atoms with Gasteiger partial charge in [-0.25, -0.2) is 0 Å². The molecule has 19 heavy (non-hydrogen) atoms. The van der Waals surface area contributed by atoms with Gasteiger partial charge in [0.1, 0.15) is 0 Å². The Labute approximate surface area is 121 Å². The molecule has 0 saturated heterocycles. The Balaban J connectivity index is 2.83. The van der Waals surface area contributed by atoms with E-state index < -0.39 is 5.41 Å². The van der Waals surface area contributed by atoms with Crippen LogP contribution < -0.4 is 0 Å². The number of aromatic nitrogens is 1. The number of halogens is 1. The standard InChI is InChI=1S/C15H25ClN2O/c1-5-6-10-18(14(19)15(2,3)12-16)11-13-8-7-9-17(13)4/h7-9H,5-6,10-12H2,1-4H3. The molecule has 1 aromatic rings. The number of hydrogen-bond donors (Lipinski definition) is 0. The van der Waals surface area contributed by atoms with Crippen LogP contribution in [0.1, 0.15) is 39.3 Å². The van der Waals surface area contributed by atoms with E-state index in [1.54, 1.807) is 0 Å². The highest BCUT2D eigenvalue weighted by atomic mass is 35.5. The van der Waals surface area contributed by atoms with Crippen LogP contribution in [0.5, 0.6) is 0 Å². The molecule has 1 amide bonds. The molecule has 0 aliphatic heterocycles. The van der Waals surface area contributed by atoms with E-state index in [4.69, 9.17) is 11.6 Å². The summed E-state index contributed by atoms with van der Waals surface area (Å²) in [4.78, 5) is 14.5. The molecular formula is C15H25ClN2O. The molecule has 0 saturated carbocycles. The molecule has 0 aliphatic rings. The van der Waals surface area contributed by atoms with Crippen molar-refractivity contribution in [2.24, 2.45) is 12.5 Å². The minimum absolute atomic E-state index is 0.136. The zero-order valence-electron chi connectivity index (χ0n) is 12.4. The van der Waals surface area contributed by atoms with Crippen LogP contribution in [-0.4, -0.2) is 27.8 Å². The Kier molecular flexibility index (Phi) is 5.92. The SMILES string of the molecule is CCCCN(Cc1cccn1C)C(=O)C(C)(C)CCl. The Bertz CT molecular complexity index is 412. The predicted molar refractivity (Wildman–Crippen MR) is 80.2 cm³/mol. The summed E-state index contributed by atoms with van der Waals surface area (Å²) >= 11 is 5.93. The molecule has 0 fully saturated rings. The maximum Gasteiger partial charge on any atom is 0.229 e. The second-order valence-corrected chi connectivity index (χ2v) is 5.98. The molecule has 3 nitrogen and oxygen atoms in total. The summed E-state index contributed by atoms with van der Waals surface area (Å²) in [5, 5.41) is 0. The first-order chi connectivity index (χ1) is 8.92. The van der Waals surface area contributed by atoms with Crippen molar-refractivity contribution in [2.45, 2.75) is 40.2 Å². The first-order valence-corrected chi connectivity index (χ1v) is 7.41. The minimum atomic E-state index is -0.500. The summed E-state index contributed by atoms with van der Waals surface area (Å²) in [7, 11) is 2.00. The molecule has 0 aliphatic carbocycles. The lowest BCUT2D eigenvalue weighted by atomic mass is 9.94. The van der Waals surface area contributed by atoms with Gasteiger partial charge in [-0.3, -0.25) is 4.79 Å². The van der Waals surface area contributed by atoms with E-state index in [2.05, 4.69) is 17.6 Å². The molecule has 1 heterocycles. The van der Waals surface area contributed by atoms with Crippen LogP contribution >= 0.6 is 11.6 Å². The third kappa shape index (κ3) is 4.27. The molecule has 0 aromatic carbocycles. The minimum Gasteiger partial charge on any atom is -0.353 e. The van der Waals surface area contributed by atoms with Gasteiger partial charge < -0.3 is 9.47 Å². The zero-order chi connectivity index (χ0) is 14.5. The van der Waals surface area contributed by atoms with E-state index in [0.717, 1.165) is 25.1 Å². The van der Waals surface area contributed by atoms with Crippen molar-refractivity contribution in [3.05, 3.63) is 24.0 Å². The van der Waals surface area contributed by atoms with Gasteiger partial charge >= 0.3 is 0 Å². The van der Waals surface area contributed by atoms with Crippen molar-refractivity contribution >= 4 is 17.5 Å². The van der Waals surface area contributed by atoms with Crippen LogP contribution in [0.15, 0.2) is 18.3 Å². The highest BCUT2D eigenvalue weighted by Gasteiger charge is 2.31. The van der Waals surface area contributed by atoms with E-state index in [1.807, 2.05) is 38.1 Å². The average Bonchev–Trinajstić information content (AvgIpc) is 2.79. The fourth-order valence-electron chi connectivity index (χ4n) is 1.94. The number of carbonyl (C=O) groups is 1. The molecule has 108 valence electrons. The number of nitrogens with zero attached hydrogens (tertiary/aromatic N) is 2. The summed E-state index contributed by atoms with van der Waals surface area (Å²) in [6, 6.07) is 4.06. The number of aryl methyl sites for hydroxylation is 1. The molecule has 0 bridgehead atoms. The van der Waals surface area contributed by atoms with Crippen molar-refractivity contribution in [2.75, 3.05) is 12.4 Å². The number of carbonyl (C=O) groups excluding carboxylic acids is 1. The third-order valence-corrected chi connectivity index (χ3v) is 4.05. The van der Waals surface area contributed by atoms with Crippen molar-refractivity contribution in [3.63, 3.8) is 0 Å². The van der Waals surface area contributed by atoms with Crippen molar-refractivity contribution in [1.29, 1.82) is 0 Å². The van der Waals surface area contributed by atoms with Gasteiger partial charge in [-0.15, -0.1) is 11.6 Å². The molecule has 1 aromatic heterocycles. The second kappa shape index (κ2) is 6.99. The maximum absolute atomic E-state index is 12.6. The quantitative estimate of drug-likeness (QED) is 0.704. The summed E-state index contributed by atoms with van der Waals surface area (Å²) in [6.45, 7) is 7.40. The van der Waals surface area contributed by atoms with Gasteiger partial charge in [0, 0.05) is 31.4 Å². The van der Waals surface area contributed by atoms with Gasteiger partial charge in [0.2, 0.25) is 5.91 Å². The van der Waals surface area contributed by atoms with E-state index in [9.17, 15) is 4.79 Å². The van der Waals surface area contributed by atoms with Gasteiger partial charge in [-0.05, 0) is 32.4 Å². The number of hydrogen-bond acceptors (Lipinski definition) is 1. The van der Waals surface area contributed by atoms with Crippen LogP contribution in [0.4, 0.5) is 0 Å². The number of amides is 1. The van der Waals surface area contributed by atoms with Crippen LogP contribution in [0.3, 0.4) is 0 Å². The van der Waals surface area contributed by atoms with Crippen LogP contribution in [0, 0.1) is 5.41 Å². The van der Waals surface area contributed by atoms with Crippen molar-refractivity contribution in [3.8, 4) is 0 Å². The molecule has 0 atom stereocenters. The molecular weight excluding hydrogens is 260 g/mol. The topological polar surface area (TPSA) is 25.2 Å². The Hall–Kier alpha value is -0.960. The van der Waals surface area contributed by atoms with E-state index in [0.29, 0.717) is 12.4 Å². The summed E-state index contributed by atoms with van der Waals surface area (Å²) in [6.07, 6.45) is 4.11. The fraction of sp³-hybridized carbons (Fsp3) is 0.667. The smallest absolute Gasteiger partial charge is 0.229 e. The van der Waals surface area contributed by atoms with Crippen LogP contribution in [0.2, 0.25) is 0 Å². The monoisotopic (exact) mass is 284 g/mol. The Morgan fingerprint density at radius 2 is 2.16 bits per heavy atom. The molecule has 4 heteroatoms. The highest BCUT2D eigenvalue weighted by molar-refractivity contribution is 6.19. The molecule has 1 rings (SSSR count). The second-order valence-electron chi connectivity index (χ2n) is 5.71. The Morgan fingerprint density at radius 1 is 1.47 bits per heavy atom. The van der Waals surface area contributed by atoms with E-state index >= 15 is 0 Å². The number of unbranched alkanes of at least 4 members (excludes halogenated alkanes) is 1. The van der Waals surface area contributed by atoms with Gasteiger partial charge in [0.25, 0.3) is 0 Å². The van der Waals surface area contributed by atoms with E-state index in [-0.39, 0.29) is 5.91 Å². The first kappa shape index (κ1) is 16.1. The van der Waals surface area contributed by atoms with Gasteiger partial charge in [-0.1, -0.05) is 13.3 Å². The Morgan fingerprint density at radius 3 is 2.63 bits per heavy atom. The largest absolute Gasteiger partial charge is 0.353 e. The fourth-order valence-corrected chi connectivity index (χ4v) is 2.06. The highest BCUT2D eigenvalue weighted by Crippen LogP contribution is 2.22. The summed E-state index contributed by atoms with van der Waals surface area (Å²) in [5.74, 6) is 0.485. The van der Waals surface area contributed by atoms with Crippen molar-refractivity contribution in [1.82, 2.24) is 9.47 Å². The normalized spacial score (nSPS) is 11.6. The number of alkyl halides is 1. The lowest BCUT2D eigenvalue weighted by molar-refractivity contribution is -0.140. The van der Waals surface area contributed by atoms with Gasteiger partial charge in [0.05, 0.1) is 12.0 Å². The van der Waals surface area contributed by atoms with Gasteiger partial charge in [0.15, 0.2) is 0 Å². The third-order valence-electron chi connectivity index (χ3n) is 3.39. The lowest BCUT2D eigenvalue weighted by Gasteiger charge is -2.31. The molecule has 0 radical (unpaired) electrons. The molecule has 0 spiro atoms. The molecule has 0 N–H and O–H groups in total. The summed E-state index contributed by atoms with van der Waals surface area (Å²) in [5.41, 5.74) is 0.648. The number of rotatable bonds is 7. The van der Waals surface area contributed by atoms with E-state index in [1.165, 1.54) is 0 Å². The average molecular weight is 285 g/mol. The van der Waals surface area contributed by atoms with Gasteiger partial charge in [-0.2, -0.15) is 0 Å². The molecule has 0 unspecified atom stereocenters. The van der Waals surface area contributed by atoms with Crippen LogP contribution in [0.25, 0.3) is 0 Å². The maximum atomic E-state index is 12.6.